The van der Waals surface area contributed by atoms with Gasteiger partial charge in [0.25, 0.3) is 0 Å². The predicted molar refractivity (Wildman–Crippen MR) is 134 cm³/mol. The van der Waals surface area contributed by atoms with E-state index in [1.807, 2.05) is 0 Å². The van der Waals surface area contributed by atoms with Crippen LogP contribution < -0.4 is 10.2 Å². The summed E-state index contributed by atoms with van der Waals surface area (Å²) < 4.78 is 41.2. The Hall–Kier alpha value is -2.51. The number of carboxylic acid groups (broad SMARTS) is 1. The monoisotopic (exact) mass is 539 g/mol. The van der Waals surface area contributed by atoms with Crippen LogP contribution in [-0.4, -0.2) is 66.3 Å². The topological polar surface area (TPSA) is 159 Å². The summed E-state index contributed by atoms with van der Waals surface area (Å²) in [4.78, 5) is 16.5. The third-order valence-corrected chi connectivity index (χ3v) is 9.09. The molecule has 1 aromatic carbocycles. The molecule has 1 unspecified atom stereocenters. The third-order valence-electron chi connectivity index (χ3n) is 6.76. The fourth-order valence-corrected chi connectivity index (χ4v) is 6.86. The normalized spacial score (nSPS) is 20.0. The molecule has 1 saturated carbocycles. The van der Waals surface area contributed by atoms with Crippen LogP contribution in [0.2, 0.25) is 0 Å². The molecular weight excluding hydrogens is 510 g/mol. The first-order valence-electron chi connectivity index (χ1n) is 11.8. The van der Waals surface area contributed by atoms with Crippen molar-refractivity contribution in [3.63, 3.8) is 0 Å². The summed E-state index contributed by atoms with van der Waals surface area (Å²) in [6.45, 7) is 0.477. The number of sulfonamides is 1. The zero-order chi connectivity index (χ0) is 25.9. The Kier molecular flexibility index (Phi) is 8.00. The SMILES string of the molecule is N=C(N)N(Cl)c1cncc2cc(S(=O)(=O)N(CCOC3CCCCO3)C3(C(=O)O)CCCC3)ccc12. The summed E-state index contributed by atoms with van der Waals surface area (Å²) in [7, 11) is -4.24. The van der Waals surface area contributed by atoms with Gasteiger partial charge in [-0.25, -0.2) is 12.8 Å². The zero-order valence-electron chi connectivity index (χ0n) is 19.7. The van der Waals surface area contributed by atoms with E-state index < -0.39 is 33.8 Å². The number of hydrogen-bond acceptors (Lipinski definition) is 7. The number of carboxylic acids is 1. The fraction of sp³-hybridized carbons (Fsp3) is 0.522. The van der Waals surface area contributed by atoms with Crippen molar-refractivity contribution in [2.45, 2.75) is 61.7 Å². The van der Waals surface area contributed by atoms with Crippen molar-refractivity contribution < 1.29 is 27.8 Å². The Labute approximate surface area is 214 Å². The molecule has 1 aromatic heterocycles. The van der Waals surface area contributed by atoms with E-state index in [9.17, 15) is 18.3 Å². The van der Waals surface area contributed by atoms with Gasteiger partial charge in [0, 0.05) is 41.9 Å². The molecule has 4 N–H and O–H groups in total. The largest absolute Gasteiger partial charge is 0.480 e. The first kappa shape index (κ1) is 26.6. The van der Waals surface area contributed by atoms with E-state index in [2.05, 4.69) is 4.98 Å². The van der Waals surface area contributed by atoms with Crippen molar-refractivity contribution in [2.75, 3.05) is 24.2 Å². The molecule has 0 bridgehead atoms. The lowest BCUT2D eigenvalue weighted by Crippen LogP contribution is -2.56. The van der Waals surface area contributed by atoms with Gasteiger partial charge in [0.05, 0.1) is 23.4 Å². The van der Waals surface area contributed by atoms with E-state index in [0.29, 0.717) is 42.3 Å². The van der Waals surface area contributed by atoms with Crippen LogP contribution in [0.5, 0.6) is 0 Å². The number of pyridine rings is 1. The molecule has 1 saturated heterocycles. The molecule has 1 aliphatic carbocycles. The van der Waals surface area contributed by atoms with Crippen LogP contribution in [-0.2, 0) is 24.3 Å². The lowest BCUT2D eigenvalue weighted by Gasteiger charge is -2.37. The minimum absolute atomic E-state index is 0.0119. The molecule has 0 amide bonds. The molecule has 36 heavy (non-hydrogen) atoms. The molecule has 1 aliphatic heterocycles. The van der Waals surface area contributed by atoms with Gasteiger partial charge in [-0.1, -0.05) is 18.9 Å². The second-order valence-electron chi connectivity index (χ2n) is 9.00. The van der Waals surface area contributed by atoms with E-state index in [1.54, 1.807) is 6.07 Å². The Morgan fingerprint density at radius 1 is 1.28 bits per heavy atom. The van der Waals surface area contributed by atoms with Crippen LogP contribution in [0.3, 0.4) is 0 Å². The molecule has 2 aliphatic rings. The molecule has 2 heterocycles. The quantitative estimate of drug-likeness (QED) is 0.247. The molecule has 0 radical (unpaired) electrons. The average Bonchev–Trinajstić information content (AvgIpc) is 3.37. The third kappa shape index (κ3) is 5.14. The Morgan fingerprint density at radius 2 is 2.03 bits per heavy atom. The van der Waals surface area contributed by atoms with Crippen LogP contribution in [0.1, 0.15) is 44.9 Å². The van der Waals surface area contributed by atoms with Crippen molar-refractivity contribution in [1.82, 2.24) is 9.29 Å². The van der Waals surface area contributed by atoms with Gasteiger partial charge in [-0.3, -0.25) is 15.2 Å². The first-order valence-corrected chi connectivity index (χ1v) is 13.6. The predicted octanol–water partition coefficient (Wildman–Crippen LogP) is 3.02. The maximum atomic E-state index is 13.9. The molecule has 11 nitrogen and oxygen atoms in total. The van der Waals surface area contributed by atoms with Crippen molar-refractivity contribution in [1.29, 1.82) is 5.41 Å². The number of rotatable bonds is 9. The fourth-order valence-electron chi connectivity index (χ4n) is 4.92. The van der Waals surface area contributed by atoms with E-state index in [-0.39, 0.29) is 30.9 Å². The highest BCUT2D eigenvalue weighted by Gasteiger charge is 2.51. The molecular formula is C23H30ClN5O6S. The maximum Gasteiger partial charge on any atom is 0.325 e. The number of aliphatic carboxylic acids is 1. The number of aromatic nitrogens is 1. The summed E-state index contributed by atoms with van der Waals surface area (Å²) in [6.07, 6.45) is 6.78. The maximum absolute atomic E-state index is 13.9. The number of hydrogen-bond donors (Lipinski definition) is 3. The van der Waals surface area contributed by atoms with Gasteiger partial charge in [0.1, 0.15) is 5.54 Å². The summed E-state index contributed by atoms with van der Waals surface area (Å²) in [6, 6.07) is 4.37. The summed E-state index contributed by atoms with van der Waals surface area (Å²) in [5.41, 5.74) is 4.25. The van der Waals surface area contributed by atoms with Crippen molar-refractivity contribution in [3.05, 3.63) is 30.6 Å². The number of nitrogens with two attached hydrogens (primary N) is 1. The van der Waals surface area contributed by atoms with Crippen molar-refractivity contribution in [3.8, 4) is 0 Å². The number of carbonyl (C=O) groups is 1. The Balaban J connectivity index is 1.69. The molecule has 1 atom stereocenters. The molecule has 196 valence electrons. The van der Waals surface area contributed by atoms with Gasteiger partial charge >= 0.3 is 5.97 Å². The minimum Gasteiger partial charge on any atom is -0.480 e. The molecule has 2 fully saturated rings. The molecule has 4 rings (SSSR count). The van der Waals surface area contributed by atoms with Gasteiger partial charge in [-0.15, -0.1) is 0 Å². The molecule has 2 aromatic rings. The first-order chi connectivity index (χ1) is 17.2. The number of nitrogens with zero attached hydrogens (tertiary/aromatic N) is 3. The zero-order valence-corrected chi connectivity index (χ0v) is 21.3. The second kappa shape index (κ2) is 10.9. The summed E-state index contributed by atoms with van der Waals surface area (Å²) in [5, 5.41) is 18.7. The summed E-state index contributed by atoms with van der Waals surface area (Å²) >= 11 is 6.09. The van der Waals surface area contributed by atoms with Gasteiger partial charge in [0.2, 0.25) is 16.0 Å². The lowest BCUT2D eigenvalue weighted by atomic mass is 9.98. The second-order valence-corrected chi connectivity index (χ2v) is 11.2. The smallest absolute Gasteiger partial charge is 0.325 e. The molecule has 13 heteroatoms. The Morgan fingerprint density at radius 3 is 2.67 bits per heavy atom. The van der Waals surface area contributed by atoms with Crippen LogP contribution in [0.15, 0.2) is 35.5 Å². The van der Waals surface area contributed by atoms with Crippen molar-refractivity contribution >= 4 is 50.2 Å². The highest BCUT2D eigenvalue weighted by molar-refractivity contribution is 7.89. The van der Waals surface area contributed by atoms with Crippen molar-refractivity contribution in [2.24, 2.45) is 5.73 Å². The minimum atomic E-state index is -4.24. The number of fused-ring (bicyclic) bond motifs is 1. The number of guanidine groups is 1. The van der Waals surface area contributed by atoms with Crippen LogP contribution >= 0.6 is 11.8 Å². The van der Waals surface area contributed by atoms with E-state index >= 15 is 0 Å². The highest BCUT2D eigenvalue weighted by atomic mass is 35.5. The number of halogens is 1. The van der Waals surface area contributed by atoms with E-state index in [0.717, 1.165) is 21.6 Å². The highest BCUT2D eigenvalue weighted by Crippen LogP contribution is 2.40. The van der Waals surface area contributed by atoms with Crippen LogP contribution in [0.4, 0.5) is 5.69 Å². The number of ether oxygens (including phenoxy) is 2. The lowest BCUT2D eigenvalue weighted by molar-refractivity contribution is -0.165. The van der Waals surface area contributed by atoms with E-state index in [4.69, 9.17) is 32.4 Å². The Bertz CT molecular complexity index is 1230. The van der Waals surface area contributed by atoms with Crippen LogP contribution in [0.25, 0.3) is 10.8 Å². The average molecular weight is 540 g/mol. The standard InChI is InChI=1S/C23H30ClN5O6S/c24-29(22(25)26)19-15-27-14-16-13-17(6-7-18(16)19)36(32,33)28(23(21(30)31)8-2-3-9-23)10-12-35-20-5-1-4-11-34-20/h6-7,13-15,20H,1-5,8-12H2,(H3,25,26)(H,30,31). The van der Waals surface area contributed by atoms with Crippen LogP contribution in [0, 0.1) is 5.41 Å². The van der Waals surface area contributed by atoms with Gasteiger partial charge in [-0.2, -0.15) is 4.31 Å². The van der Waals surface area contributed by atoms with Gasteiger partial charge in [0.15, 0.2) is 6.29 Å². The number of benzene rings is 1. The van der Waals surface area contributed by atoms with Gasteiger partial charge in [-0.05, 0) is 44.2 Å². The number of nitrogens with one attached hydrogen (secondary N) is 1. The molecule has 0 spiro atoms. The van der Waals surface area contributed by atoms with Gasteiger partial charge < -0.3 is 20.3 Å². The number of anilines is 1. The summed E-state index contributed by atoms with van der Waals surface area (Å²) in [5.74, 6) is -1.58. The van der Waals surface area contributed by atoms with E-state index in [1.165, 1.54) is 24.5 Å².